The quantitative estimate of drug-likeness (QED) is 0.454. The van der Waals surface area contributed by atoms with Gasteiger partial charge in [0.1, 0.15) is 17.7 Å². The van der Waals surface area contributed by atoms with E-state index in [0.717, 1.165) is 0 Å². The van der Waals surface area contributed by atoms with E-state index in [1.54, 1.807) is 20.8 Å². The molecular formula is C19H31N3O6. The highest BCUT2D eigenvalue weighted by molar-refractivity contribution is 5.88. The van der Waals surface area contributed by atoms with Crippen molar-refractivity contribution in [2.75, 3.05) is 7.11 Å². The number of carbonyl (C=O) groups excluding carboxylic acids is 4. The van der Waals surface area contributed by atoms with Crippen molar-refractivity contribution in [1.82, 2.24) is 16.0 Å². The molecule has 0 aromatic carbocycles. The fraction of sp³-hybridized carbons (Fsp3) is 0.684. The third-order valence-electron chi connectivity index (χ3n) is 4.14. The molecule has 3 N–H and O–H groups in total. The molecule has 9 nitrogen and oxygen atoms in total. The highest BCUT2D eigenvalue weighted by Gasteiger charge is 2.33. The molecule has 3 amide bonds. The number of alkyl carbamates (subject to hydrolysis) is 1. The second kappa shape index (κ2) is 10.1. The minimum atomic E-state index is -0.835. The van der Waals surface area contributed by atoms with Crippen molar-refractivity contribution in [3.05, 3.63) is 12.2 Å². The van der Waals surface area contributed by atoms with Crippen LogP contribution in [0.1, 0.15) is 47.5 Å². The topological polar surface area (TPSA) is 123 Å². The second-order valence-corrected chi connectivity index (χ2v) is 7.79. The molecule has 0 spiro atoms. The number of hydrogen-bond donors (Lipinski definition) is 3. The van der Waals surface area contributed by atoms with Crippen molar-refractivity contribution >= 4 is 23.9 Å². The monoisotopic (exact) mass is 397 g/mol. The third kappa shape index (κ3) is 7.58. The van der Waals surface area contributed by atoms with Gasteiger partial charge in [-0.25, -0.2) is 9.59 Å². The summed E-state index contributed by atoms with van der Waals surface area (Å²) in [7, 11) is 1.25. The first-order chi connectivity index (χ1) is 12.9. The van der Waals surface area contributed by atoms with Gasteiger partial charge in [-0.1, -0.05) is 12.2 Å². The van der Waals surface area contributed by atoms with Gasteiger partial charge >= 0.3 is 12.1 Å². The zero-order chi connectivity index (χ0) is 21.5. The van der Waals surface area contributed by atoms with Gasteiger partial charge in [0.05, 0.1) is 13.0 Å². The number of amides is 3. The molecule has 1 aliphatic rings. The minimum absolute atomic E-state index is 0.347. The Bertz CT molecular complexity index is 626. The van der Waals surface area contributed by atoms with Crippen LogP contribution in [0.15, 0.2) is 12.2 Å². The molecule has 28 heavy (non-hydrogen) atoms. The van der Waals surface area contributed by atoms with Crippen LogP contribution in [0.25, 0.3) is 0 Å². The van der Waals surface area contributed by atoms with E-state index in [-0.39, 0.29) is 5.91 Å². The van der Waals surface area contributed by atoms with Gasteiger partial charge in [0.15, 0.2) is 0 Å². The maximum Gasteiger partial charge on any atom is 0.408 e. The average Bonchev–Trinajstić information content (AvgIpc) is 2.59. The van der Waals surface area contributed by atoms with Crippen molar-refractivity contribution in [3.63, 3.8) is 0 Å². The zero-order valence-electron chi connectivity index (χ0n) is 17.3. The normalized spacial score (nSPS) is 21.1. The Labute approximate surface area is 165 Å². The van der Waals surface area contributed by atoms with E-state index in [4.69, 9.17) is 4.74 Å². The number of ether oxygens (including phenoxy) is 2. The van der Waals surface area contributed by atoms with E-state index >= 15 is 0 Å². The highest BCUT2D eigenvalue weighted by Crippen LogP contribution is 2.20. The number of rotatable bonds is 6. The molecule has 0 aliphatic heterocycles. The predicted molar refractivity (Wildman–Crippen MR) is 102 cm³/mol. The Morgan fingerprint density at radius 1 is 1.00 bits per heavy atom. The van der Waals surface area contributed by atoms with Crippen molar-refractivity contribution in [2.24, 2.45) is 5.92 Å². The molecule has 0 saturated heterocycles. The lowest BCUT2D eigenvalue weighted by atomic mass is 9.87. The van der Waals surface area contributed by atoms with Crippen LogP contribution < -0.4 is 16.0 Å². The zero-order valence-corrected chi connectivity index (χ0v) is 17.3. The molecule has 0 radical (unpaired) electrons. The number of esters is 1. The van der Waals surface area contributed by atoms with Crippen LogP contribution in [0, 0.1) is 5.92 Å². The molecule has 0 unspecified atom stereocenters. The minimum Gasteiger partial charge on any atom is -0.467 e. The number of carbonyl (C=O) groups is 4. The maximum atomic E-state index is 12.5. The molecule has 1 rings (SSSR count). The van der Waals surface area contributed by atoms with E-state index in [1.165, 1.54) is 21.0 Å². The fourth-order valence-electron chi connectivity index (χ4n) is 2.68. The summed E-state index contributed by atoms with van der Waals surface area (Å²) in [5.41, 5.74) is -0.673. The third-order valence-corrected chi connectivity index (χ3v) is 4.14. The second-order valence-electron chi connectivity index (χ2n) is 7.79. The molecule has 0 heterocycles. The molecule has 0 aromatic heterocycles. The first-order valence-corrected chi connectivity index (χ1v) is 9.27. The fourth-order valence-corrected chi connectivity index (χ4v) is 2.68. The largest absolute Gasteiger partial charge is 0.467 e. The van der Waals surface area contributed by atoms with Crippen LogP contribution in [0.5, 0.6) is 0 Å². The number of methoxy groups -OCH3 is 1. The van der Waals surface area contributed by atoms with Gasteiger partial charge in [-0.2, -0.15) is 0 Å². The van der Waals surface area contributed by atoms with Gasteiger partial charge in [-0.3, -0.25) is 9.59 Å². The summed E-state index contributed by atoms with van der Waals surface area (Å²) < 4.78 is 9.74. The average molecular weight is 397 g/mol. The molecule has 158 valence electrons. The van der Waals surface area contributed by atoms with E-state index in [9.17, 15) is 19.2 Å². The van der Waals surface area contributed by atoms with Crippen molar-refractivity contribution in [3.8, 4) is 0 Å². The van der Waals surface area contributed by atoms with Crippen LogP contribution in [0.2, 0.25) is 0 Å². The summed E-state index contributed by atoms with van der Waals surface area (Å²) in [4.78, 5) is 48.3. The summed E-state index contributed by atoms with van der Waals surface area (Å²) in [5.74, 6) is -1.85. The Hall–Kier alpha value is -2.58. The lowest BCUT2D eigenvalue weighted by molar-refractivity contribution is -0.145. The molecule has 4 atom stereocenters. The molecule has 0 bridgehead atoms. The number of allylic oxidation sites excluding steroid dienone is 1. The number of hydrogen-bond acceptors (Lipinski definition) is 6. The standard InChI is InChI=1S/C19H31N3O6/c1-11(21-18(26)28-19(3,4)5)15(23)22-14-10-8-7-9-13(14)16(24)20-12(2)17(25)27-6/h7-8,11-14H,9-10H2,1-6H3,(H,20,24)(H,21,26)(H,22,23)/t11-,12-,13-,14+/m0/s1. The van der Waals surface area contributed by atoms with E-state index in [0.29, 0.717) is 12.8 Å². The molecule has 1 aliphatic carbocycles. The number of nitrogens with one attached hydrogen (secondary N) is 3. The Kier molecular flexibility index (Phi) is 8.46. The Balaban J connectivity index is 2.67. The van der Waals surface area contributed by atoms with E-state index in [1.807, 2.05) is 12.2 Å². The lowest BCUT2D eigenvalue weighted by Gasteiger charge is -2.30. The van der Waals surface area contributed by atoms with E-state index in [2.05, 4.69) is 20.7 Å². The van der Waals surface area contributed by atoms with Gasteiger partial charge in [0.25, 0.3) is 0 Å². The van der Waals surface area contributed by atoms with Crippen LogP contribution in [-0.4, -0.2) is 54.7 Å². The van der Waals surface area contributed by atoms with Crippen LogP contribution in [0.4, 0.5) is 4.79 Å². The first kappa shape index (κ1) is 23.5. The molecule has 0 aromatic rings. The maximum absolute atomic E-state index is 12.5. The van der Waals surface area contributed by atoms with Crippen molar-refractivity contribution in [1.29, 1.82) is 0 Å². The summed E-state index contributed by atoms with van der Waals surface area (Å²) >= 11 is 0. The SMILES string of the molecule is COC(=O)[C@H](C)NC(=O)[C@H]1CC=CC[C@H]1NC(=O)[C@H](C)NC(=O)OC(C)(C)C. The van der Waals surface area contributed by atoms with Crippen LogP contribution in [-0.2, 0) is 23.9 Å². The summed E-state index contributed by atoms with van der Waals surface area (Å²) in [6.45, 7) is 8.24. The van der Waals surface area contributed by atoms with E-state index < -0.39 is 47.6 Å². The predicted octanol–water partition coefficient (Wildman–Crippen LogP) is 1.03. The van der Waals surface area contributed by atoms with Crippen LogP contribution >= 0.6 is 0 Å². The Morgan fingerprint density at radius 3 is 2.18 bits per heavy atom. The summed E-state index contributed by atoms with van der Waals surface area (Å²) in [6, 6.07) is -2.07. The summed E-state index contributed by atoms with van der Waals surface area (Å²) in [6.07, 6.45) is 3.94. The highest BCUT2D eigenvalue weighted by atomic mass is 16.6. The van der Waals surface area contributed by atoms with Crippen molar-refractivity contribution < 1.29 is 28.7 Å². The molecular weight excluding hydrogens is 366 g/mol. The lowest BCUT2D eigenvalue weighted by Crippen LogP contribution is -2.54. The first-order valence-electron chi connectivity index (χ1n) is 9.27. The van der Waals surface area contributed by atoms with Gasteiger partial charge < -0.3 is 25.4 Å². The Morgan fingerprint density at radius 2 is 1.61 bits per heavy atom. The van der Waals surface area contributed by atoms with Crippen molar-refractivity contribution in [2.45, 2.75) is 71.2 Å². The van der Waals surface area contributed by atoms with Gasteiger partial charge in [0.2, 0.25) is 11.8 Å². The molecule has 0 fully saturated rings. The molecule has 0 saturated carbocycles. The smallest absolute Gasteiger partial charge is 0.408 e. The molecule has 9 heteroatoms. The van der Waals surface area contributed by atoms with Gasteiger partial charge in [-0.05, 0) is 47.5 Å². The van der Waals surface area contributed by atoms with Gasteiger partial charge in [-0.15, -0.1) is 0 Å². The summed E-state index contributed by atoms with van der Waals surface area (Å²) in [5, 5.41) is 7.87. The van der Waals surface area contributed by atoms with Gasteiger partial charge in [0, 0.05) is 6.04 Å². The van der Waals surface area contributed by atoms with Crippen LogP contribution in [0.3, 0.4) is 0 Å².